The first-order chi connectivity index (χ1) is 33.6. The molecule has 0 saturated carbocycles. The van der Waals surface area contributed by atoms with Gasteiger partial charge >= 0.3 is 12.1 Å². The number of morpholine rings is 2. The lowest BCUT2D eigenvalue weighted by molar-refractivity contribution is -0.149. The largest absolute Gasteiger partial charge is 0.389 e. The average Bonchev–Trinajstić information content (AvgIpc) is 4.06. The van der Waals surface area contributed by atoms with Gasteiger partial charge < -0.3 is 55.3 Å². The summed E-state index contributed by atoms with van der Waals surface area (Å²) in [5.41, 5.74) is 4.32. The van der Waals surface area contributed by atoms with Crippen molar-refractivity contribution in [1.29, 1.82) is 0 Å². The Balaban J connectivity index is 0.719. The van der Waals surface area contributed by atoms with E-state index >= 15 is 0 Å². The van der Waals surface area contributed by atoms with Crippen molar-refractivity contribution in [2.45, 2.75) is 31.8 Å². The number of amides is 5. The second kappa shape index (κ2) is 19.5. The topological polar surface area (TPSA) is 217 Å². The molecule has 3 fully saturated rings. The Bertz CT molecular complexity index is 2920. The van der Waals surface area contributed by atoms with Gasteiger partial charge in [0.2, 0.25) is 5.91 Å². The highest BCUT2D eigenvalue weighted by Crippen LogP contribution is 2.33. The average molecular weight is 936 g/mol. The number of nitrogens with one attached hydrogen (secondary N) is 4. The number of carbonyl (C=O) groups excluding carboxylic acids is 3. The number of fused-ring (bicyclic) bond motifs is 2. The molecule has 5 amide bonds. The third-order valence-corrected chi connectivity index (χ3v) is 12.5. The number of hydrogen-bond acceptors (Lipinski definition) is 13. The van der Waals surface area contributed by atoms with Crippen LogP contribution in [0.25, 0.3) is 33.8 Å². The van der Waals surface area contributed by atoms with Gasteiger partial charge in [-0.1, -0.05) is 18.2 Å². The van der Waals surface area contributed by atoms with Crippen LogP contribution in [0.3, 0.4) is 0 Å². The van der Waals surface area contributed by atoms with Crippen molar-refractivity contribution < 1.29 is 33.7 Å². The number of β-amino-alcohol motifs (C(OH)–C–C–N with tert-alkyl or cyclic N) is 1. The highest BCUT2D eigenvalue weighted by molar-refractivity contribution is 5.92. The lowest BCUT2D eigenvalue weighted by Crippen LogP contribution is -2.57. The van der Waals surface area contributed by atoms with Crippen molar-refractivity contribution in [2.75, 3.05) is 86.1 Å². The number of carbonyl (C=O) groups is 3. The van der Waals surface area contributed by atoms with Gasteiger partial charge in [-0.15, -0.1) is 16.8 Å². The molecular weight excluding hydrogens is 883 g/mol. The Morgan fingerprint density at radius 3 is 1.99 bits per heavy atom. The predicted octanol–water partition coefficient (Wildman–Crippen LogP) is 4.67. The standard InChI is InChI=1S/C49H53N13O7/c1-3-34(50-47(65)51-35-12-8-32(9-13-35)42-54-44(58-22-25-67-26-23-58)39-6-4-20-61(39)56-42)31-69-41-30-59(24-27-68-41)45-40-7-5-21-62(40)57-43(55-45)33-10-14-36(15-11-33)52-48(66)53-37-16-18-49(2,19-17-37)46(64)60-28-38(63)29-60/h3-18,20-21,34,38,41,63H,1,19,22-31H2,2H3,(H2,50,51,65)(H2,52,53,66)/t34-,41?,49?/m1/s1. The zero-order valence-corrected chi connectivity index (χ0v) is 38.0. The van der Waals surface area contributed by atoms with Crippen molar-refractivity contribution in [3.63, 3.8) is 0 Å². The van der Waals surface area contributed by atoms with Gasteiger partial charge in [0.1, 0.15) is 11.0 Å². The molecule has 3 aliphatic heterocycles. The van der Waals surface area contributed by atoms with Crippen LogP contribution in [0.15, 0.2) is 122 Å². The Kier molecular flexibility index (Phi) is 12.8. The normalized spacial score (nSPS) is 20.0. The summed E-state index contributed by atoms with van der Waals surface area (Å²) in [5.74, 6) is 2.58. The fourth-order valence-corrected chi connectivity index (χ4v) is 8.61. The minimum Gasteiger partial charge on any atom is -0.389 e. The minimum absolute atomic E-state index is 0.0395. The number of nitrogens with zero attached hydrogens (tertiary/aromatic N) is 9. The molecule has 4 aliphatic rings. The van der Waals surface area contributed by atoms with Crippen molar-refractivity contribution in [3.05, 3.63) is 122 Å². The molecule has 20 heteroatoms. The third kappa shape index (κ3) is 10.00. The summed E-state index contributed by atoms with van der Waals surface area (Å²) in [6.07, 6.45) is 10.1. The maximum Gasteiger partial charge on any atom is 0.323 e. The molecule has 10 rings (SSSR count). The summed E-state index contributed by atoms with van der Waals surface area (Å²) in [6, 6.07) is 21.1. The van der Waals surface area contributed by atoms with Crippen LogP contribution < -0.4 is 31.1 Å². The first-order valence-electron chi connectivity index (χ1n) is 22.9. The smallest absolute Gasteiger partial charge is 0.323 e. The second-order valence-electron chi connectivity index (χ2n) is 17.5. The van der Waals surface area contributed by atoms with Gasteiger partial charge in [-0.3, -0.25) is 4.79 Å². The van der Waals surface area contributed by atoms with Crippen LogP contribution in [0.4, 0.5) is 32.6 Å². The van der Waals surface area contributed by atoms with Crippen LogP contribution in [-0.2, 0) is 19.0 Å². The van der Waals surface area contributed by atoms with E-state index in [0.717, 1.165) is 41.1 Å². The summed E-state index contributed by atoms with van der Waals surface area (Å²) in [7, 11) is 0. The molecule has 7 heterocycles. The number of aromatic nitrogens is 6. The van der Waals surface area contributed by atoms with Crippen LogP contribution in [0.5, 0.6) is 0 Å². The number of aliphatic hydroxyl groups excluding tert-OH is 1. The molecule has 0 radical (unpaired) electrons. The van der Waals surface area contributed by atoms with E-state index in [1.54, 1.807) is 39.8 Å². The Morgan fingerprint density at radius 1 is 0.812 bits per heavy atom. The Labute approximate surface area is 397 Å². The highest BCUT2D eigenvalue weighted by Gasteiger charge is 2.40. The molecule has 2 aromatic carbocycles. The van der Waals surface area contributed by atoms with Crippen LogP contribution >= 0.6 is 0 Å². The van der Waals surface area contributed by atoms with E-state index in [1.807, 2.05) is 90.6 Å². The number of likely N-dealkylation sites (tertiary alicyclic amines) is 1. The molecule has 4 aromatic heterocycles. The van der Waals surface area contributed by atoms with Crippen LogP contribution in [0.2, 0.25) is 0 Å². The molecule has 1 aliphatic carbocycles. The minimum atomic E-state index is -0.723. The Hall–Kier alpha value is -7.65. The summed E-state index contributed by atoms with van der Waals surface area (Å²) in [6.45, 7) is 10.7. The SMILES string of the molecule is C=C[C@H](COC1CN(c2nc(-c3ccc(NC(=O)NC4=CCC(C)(C(=O)N5CC(O)C5)C=C4)cc3)nn3cccc23)CCO1)NC(=O)Nc1ccc(-c2nc(N3CCOCC3)c3cccn3n2)cc1. The molecule has 5 N–H and O–H groups in total. The van der Waals surface area contributed by atoms with E-state index < -0.39 is 35.9 Å². The number of rotatable bonds is 13. The van der Waals surface area contributed by atoms with Gasteiger partial charge in [0.05, 0.1) is 50.5 Å². The number of allylic oxidation sites excluding steroid dienone is 2. The number of ether oxygens (including phenoxy) is 3. The van der Waals surface area contributed by atoms with Gasteiger partial charge in [0.25, 0.3) is 0 Å². The van der Waals surface area contributed by atoms with Gasteiger partial charge in [-0.25, -0.2) is 28.6 Å². The number of anilines is 4. The fraction of sp³-hybridized carbons (Fsp3) is 0.327. The maximum atomic E-state index is 13.1. The summed E-state index contributed by atoms with van der Waals surface area (Å²) >= 11 is 0. The first-order valence-corrected chi connectivity index (χ1v) is 22.9. The van der Waals surface area contributed by atoms with E-state index in [9.17, 15) is 19.5 Å². The van der Waals surface area contributed by atoms with Crippen LogP contribution in [0.1, 0.15) is 13.3 Å². The molecule has 356 valence electrons. The molecular formula is C49H53N13O7. The van der Waals surface area contributed by atoms with E-state index in [1.165, 1.54) is 0 Å². The number of aliphatic hydroxyl groups is 1. The third-order valence-electron chi connectivity index (χ3n) is 12.5. The first kappa shape index (κ1) is 45.1. The van der Waals surface area contributed by atoms with Gasteiger partial charge in [0, 0.05) is 73.3 Å². The highest BCUT2D eigenvalue weighted by atomic mass is 16.7. The molecule has 0 bridgehead atoms. The van der Waals surface area contributed by atoms with E-state index in [2.05, 4.69) is 37.6 Å². The molecule has 2 unspecified atom stereocenters. The zero-order chi connectivity index (χ0) is 47.5. The number of hydrogen-bond donors (Lipinski definition) is 5. The molecule has 6 aromatic rings. The van der Waals surface area contributed by atoms with Crippen molar-refractivity contribution in [3.8, 4) is 22.8 Å². The molecule has 3 atom stereocenters. The number of urea groups is 2. The van der Waals surface area contributed by atoms with E-state index in [-0.39, 0.29) is 12.5 Å². The summed E-state index contributed by atoms with van der Waals surface area (Å²) in [5, 5.41) is 30.6. The van der Waals surface area contributed by atoms with Gasteiger partial charge in [-0.05, 0) is 92.2 Å². The van der Waals surface area contributed by atoms with Crippen molar-refractivity contribution >= 4 is 52.0 Å². The van der Waals surface area contributed by atoms with Crippen LogP contribution in [0, 0.1) is 5.41 Å². The maximum absolute atomic E-state index is 13.1. The van der Waals surface area contributed by atoms with E-state index in [4.69, 9.17) is 34.4 Å². The monoisotopic (exact) mass is 935 g/mol. The second-order valence-corrected chi connectivity index (χ2v) is 17.5. The molecule has 20 nitrogen and oxygen atoms in total. The van der Waals surface area contributed by atoms with Crippen molar-refractivity contribution in [2.24, 2.45) is 5.41 Å². The van der Waals surface area contributed by atoms with Gasteiger partial charge in [-0.2, -0.15) is 0 Å². The summed E-state index contributed by atoms with van der Waals surface area (Å²) in [4.78, 5) is 54.8. The fourth-order valence-electron chi connectivity index (χ4n) is 8.61. The lowest BCUT2D eigenvalue weighted by atomic mass is 9.81. The quantitative estimate of drug-likeness (QED) is 0.0997. The van der Waals surface area contributed by atoms with Gasteiger partial charge in [0.15, 0.2) is 29.6 Å². The molecule has 69 heavy (non-hydrogen) atoms. The predicted molar refractivity (Wildman–Crippen MR) is 259 cm³/mol. The number of benzene rings is 2. The lowest BCUT2D eigenvalue weighted by Gasteiger charge is -2.41. The molecule has 0 spiro atoms. The van der Waals surface area contributed by atoms with Crippen LogP contribution in [-0.4, -0.2) is 141 Å². The zero-order valence-electron chi connectivity index (χ0n) is 38.0. The summed E-state index contributed by atoms with van der Waals surface area (Å²) < 4.78 is 21.4. The molecule has 3 saturated heterocycles. The van der Waals surface area contributed by atoms with E-state index in [0.29, 0.717) is 87.0 Å². The van der Waals surface area contributed by atoms with Crippen molar-refractivity contribution in [1.82, 2.24) is 44.7 Å². The Morgan fingerprint density at radius 2 is 1.41 bits per heavy atom.